The van der Waals surface area contributed by atoms with Gasteiger partial charge < -0.3 is 24.8 Å². The first-order chi connectivity index (χ1) is 14.2. The van der Waals surface area contributed by atoms with Gasteiger partial charge >= 0.3 is 0 Å². The number of aromatic hydroxyl groups is 1. The van der Waals surface area contributed by atoms with Crippen LogP contribution in [0.2, 0.25) is 0 Å². The van der Waals surface area contributed by atoms with Crippen LogP contribution in [0.4, 0.5) is 5.69 Å². The molecule has 2 N–H and O–H groups in total. The number of hydrogen-bond donors (Lipinski definition) is 2. The molecule has 0 aliphatic carbocycles. The Morgan fingerprint density at radius 2 is 1.97 bits per heavy atom. The van der Waals surface area contributed by atoms with Gasteiger partial charge in [-0.05, 0) is 18.6 Å². The zero-order chi connectivity index (χ0) is 20.5. The SMILES string of the molecule is CCCCN=C(NCCn1cnnc1CC)N1CCN(c2ccccc2O)CC1. The predicted molar refractivity (Wildman–Crippen MR) is 117 cm³/mol. The number of phenols is 1. The van der Waals surface area contributed by atoms with E-state index in [1.54, 1.807) is 12.4 Å². The number of aliphatic imine (C=N–C) groups is 1. The molecule has 1 saturated heterocycles. The van der Waals surface area contributed by atoms with Gasteiger partial charge in [0, 0.05) is 52.2 Å². The van der Waals surface area contributed by atoms with Gasteiger partial charge in [0.1, 0.15) is 17.9 Å². The van der Waals surface area contributed by atoms with Gasteiger partial charge in [-0.3, -0.25) is 4.99 Å². The molecular formula is C21H33N7O. The number of rotatable bonds is 8. The van der Waals surface area contributed by atoms with Gasteiger partial charge in [-0.25, -0.2) is 0 Å². The average Bonchev–Trinajstić information content (AvgIpc) is 3.21. The molecule has 1 aliphatic rings. The van der Waals surface area contributed by atoms with Crippen LogP contribution < -0.4 is 10.2 Å². The summed E-state index contributed by atoms with van der Waals surface area (Å²) in [7, 11) is 0. The van der Waals surface area contributed by atoms with Crippen LogP contribution in [0.25, 0.3) is 0 Å². The molecule has 8 nitrogen and oxygen atoms in total. The zero-order valence-electron chi connectivity index (χ0n) is 17.6. The van der Waals surface area contributed by atoms with Crippen molar-refractivity contribution in [1.29, 1.82) is 0 Å². The number of aryl methyl sites for hydroxylation is 1. The van der Waals surface area contributed by atoms with Crippen LogP contribution in [0.1, 0.15) is 32.5 Å². The second-order valence-corrected chi connectivity index (χ2v) is 7.24. The molecule has 0 spiro atoms. The molecule has 0 unspecified atom stereocenters. The summed E-state index contributed by atoms with van der Waals surface area (Å²) in [6, 6.07) is 7.55. The fourth-order valence-electron chi connectivity index (χ4n) is 3.53. The molecule has 0 saturated carbocycles. The Kier molecular flexibility index (Phi) is 7.72. The number of benzene rings is 1. The van der Waals surface area contributed by atoms with E-state index in [1.807, 2.05) is 18.2 Å². The first-order valence-electron chi connectivity index (χ1n) is 10.7. The molecule has 2 heterocycles. The van der Waals surface area contributed by atoms with Crippen molar-refractivity contribution in [3.8, 4) is 5.75 Å². The average molecular weight is 400 g/mol. The van der Waals surface area contributed by atoms with Gasteiger partial charge in [0.25, 0.3) is 0 Å². The standard InChI is InChI=1S/C21H33N7O/c1-3-5-10-22-21(23-11-12-28-17-24-25-20(28)4-2)27-15-13-26(14-16-27)18-8-6-7-9-19(18)29/h6-9,17,29H,3-5,10-16H2,1-2H3,(H,22,23). The minimum absolute atomic E-state index is 0.344. The van der Waals surface area contributed by atoms with E-state index in [2.05, 4.69) is 43.7 Å². The van der Waals surface area contributed by atoms with E-state index in [0.717, 1.165) is 82.5 Å². The van der Waals surface area contributed by atoms with E-state index in [9.17, 15) is 5.11 Å². The normalized spacial score (nSPS) is 15.0. The molecule has 0 atom stereocenters. The number of guanidine groups is 1. The maximum Gasteiger partial charge on any atom is 0.194 e. The number of aromatic nitrogens is 3. The highest BCUT2D eigenvalue weighted by atomic mass is 16.3. The van der Waals surface area contributed by atoms with E-state index >= 15 is 0 Å². The number of hydrogen-bond acceptors (Lipinski definition) is 5. The lowest BCUT2D eigenvalue weighted by molar-refractivity contribution is 0.368. The fraction of sp³-hybridized carbons (Fsp3) is 0.571. The molecule has 2 aromatic rings. The maximum atomic E-state index is 10.1. The summed E-state index contributed by atoms with van der Waals surface area (Å²) in [5.41, 5.74) is 0.907. The summed E-state index contributed by atoms with van der Waals surface area (Å²) in [6.45, 7) is 10.2. The number of unbranched alkanes of at least 4 members (excludes halogenated alkanes) is 1. The van der Waals surface area contributed by atoms with E-state index in [0.29, 0.717) is 5.75 Å². The smallest absolute Gasteiger partial charge is 0.194 e. The summed E-state index contributed by atoms with van der Waals surface area (Å²) in [6.07, 6.45) is 4.90. The first-order valence-corrected chi connectivity index (χ1v) is 10.7. The first kappa shape index (κ1) is 21.0. The third-order valence-corrected chi connectivity index (χ3v) is 5.22. The Bertz CT molecular complexity index is 781. The lowest BCUT2D eigenvalue weighted by Gasteiger charge is -2.38. The van der Waals surface area contributed by atoms with Crippen LogP contribution in [0.3, 0.4) is 0 Å². The van der Waals surface area contributed by atoms with Gasteiger partial charge in [-0.1, -0.05) is 32.4 Å². The Morgan fingerprint density at radius 1 is 1.17 bits per heavy atom. The van der Waals surface area contributed by atoms with Crippen molar-refractivity contribution in [2.24, 2.45) is 4.99 Å². The van der Waals surface area contributed by atoms with Crippen LogP contribution >= 0.6 is 0 Å². The third-order valence-electron chi connectivity index (χ3n) is 5.22. The second kappa shape index (κ2) is 10.7. The maximum absolute atomic E-state index is 10.1. The van der Waals surface area contributed by atoms with E-state index in [1.165, 1.54) is 0 Å². The molecular weight excluding hydrogens is 366 g/mol. The van der Waals surface area contributed by atoms with E-state index in [-0.39, 0.29) is 0 Å². The number of para-hydroxylation sites is 2. The number of phenolic OH excluding ortho intramolecular Hbond substituents is 1. The van der Waals surface area contributed by atoms with Crippen molar-refractivity contribution in [1.82, 2.24) is 25.0 Å². The van der Waals surface area contributed by atoms with Crippen molar-refractivity contribution >= 4 is 11.6 Å². The number of nitrogens with zero attached hydrogens (tertiary/aromatic N) is 6. The molecule has 1 aromatic heterocycles. The molecule has 0 amide bonds. The molecule has 0 bridgehead atoms. The minimum Gasteiger partial charge on any atom is -0.506 e. The quantitative estimate of drug-likeness (QED) is 0.402. The highest BCUT2D eigenvalue weighted by molar-refractivity contribution is 5.80. The Labute approximate surface area is 173 Å². The summed E-state index contributed by atoms with van der Waals surface area (Å²) in [4.78, 5) is 9.39. The number of nitrogens with one attached hydrogen (secondary N) is 1. The van der Waals surface area contributed by atoms with Crippen LogP contribution in [-0.2, 0) is 13.0 Å². The van der Waals surface area contributed by atoms with Crippen LogP contribution in [0.5, 0.6) is 5.75 Å². The summed E-state index contributed by atoms with van der Waals surface area (Å²) < 4.78 is 2.09. The lowest BCUT2D eigenvalue weighted by atomic mass is 10.2. The van der Waals surface area contributed by atoms with Gasteiger partial charge in [0.2, 0.25) is 0 Å². The fourth-order valence-corrected chi connectivity index (χ4v) is 3.53. The highest BCUT2D eigenvalue weighted by Gasteiger charge is 2.21. The van der Waals surface area contributed by atoms with E-state index < -0.39 is 0 Å². The number of piperazine rings is 1. The Balaban J connectivity index is 1.57. The molecule has 29 heavy (non-hydrogen) atoms. The van der Waals surface area contributed by atoms with Crippen molar-refractivity contribution in [3.63, 3.8) is 0 Å². The van der Waals surface area contributed by atoms with Crippen molar-refractivity contribution in [2.75, 3.05) is 44.2 Å². The number of anilines is 1. The van der Waals surface area contributed by atoms with Gasteiger partial charge in [0.15, 0.2) is 5.96 Å². The Hall–Kier alpha value is -2.77. The monoisotopic (exact) mass is 399 g/mol. The topological polar surface area (TPSA) is 81.8 Å². The van der Waals surface area contributed by atoms with Crippen molar-refractivity contribution in [3.05, 3.63) is 36.4 Å². The minimum atomic E-state index is 0.344. The van der Waals surface area contributed by atoms with Gasteiger partial charge in [-0.15, -0.1) is 10.2 Å². The second-order valence-electron chi connectivity index (χ2n) is 7.24. The molecule has 3 rings (SSSR count). The highest BCUT2D eigenvalue weighted by Crippen LogP contribution is 2.27. The van der Waals surface area contributed by atoms with Crippen LogP contribution in [0, 0.1) is 0 Å². The van der Waals surface area contributed by atoms with E-state index in [4.69, 9.17) is 4.99 Å². The molecule has 0 radical (unpaired) electrons. The van der Waals surface area contributed by atoms with Crippen LogP contribution in [-0.4, -0.2) is 70.0 Å². The van der Waals surface area contributed by atoms with Crippen LogP contribution in [0.15, 0.2) is 35.6 Å². The largest absolute Gasteiger partial charge is 0.506 e. The molecule has 1 aliphatic heterocycles. The third kappa shape index (κ3) is 5.62. The van der Waals surface area contributed by atoms with Gasteiger partial charge in [0.05, 0.1) is 5.69 Å². The molecule has 1 aromatic carbocycles. The lowest BCUT2D eigenvalue weighted by Crippen LogP contribution is -2.53. The summed E-state index contributed by atoms with van der Waals surface area (Å²) in [5, 5.41) is 21.8. The Morgan fingerprint density at radius 3 is 2.69 bits per heavy atom. The molecule has 1 fully saturated rings. The molecule has 8 heteroatoms. The van der Waals surface area contributed by atoms with Gasteiger partial charge in [-0.2, -0.15) is 0 Å². The van der Waals surface area contributed by atoms with Crippen molar-refractivity contribution < 1.29 is 5.11 Å². The predicted octanol–water partition coefficient (Wildman–Crippen LogP) is 2.11. The molecule has 158 valence electrons. The summed E-state index contributed by atoms with van der Waals surface area (Å²) in [5.74, 6) is 2.32. The zero-order valence-corrected chi connectivity index (χ0v) is 17.6. The summed E-state index contributed by atoms with van der Waals surface area (Å²) >= 11 is 0. The van der Waals surface area contributed by atoms with Crippen molar-refractivity contribution in [2.45, 2.75) is 39.7 Å².